The average Bonchev–Trinajstić information content (AvgIpc) is 2.95. The maximum Gasteiger partial charge on any atom is 0.254 e. The lowest BCUT2D eigenvalue weighted by atomic mass is 9.89. The third-order valence-electron chi connectivity index (χ3n) is 4.31. The Morgan fingerprint density at radius 2 is 1.96 bits per heavy atom. The Morgan fingerprint density at radius 3 is 2.56 bits per heavy atom. The molecule has 25 heavy (non-hydrogen) atoms. The Labute approximate surface area is 150 Å². The van der Waals surface area contributed by atoms with E-state index in [4.69, 9.17) is 0 Å². The molecule has 0 aliphatic rings. The highest BCUT2D eigenvalue weighted by atomic mass is 16.3. The molecule has 0 bridgehead atoms. The van der Waals surface area contributed by atoms with E-state index in [0.717, 1.165) is 24.1 Å². The van der Waals surface area contributed by atoms with Crippen molar-refractivity contribution in [2.45, 2.75) is 53.2 Å². The van der Waals surface area contributed by atoms with Crippen LogP contribution in [0.5, 0.6) is 0 Å². The number of benzene rings is 1. The minimum atomic E-state index is -0.592. The van der Waals surface area contributed by atoms with E-state index in [0.29, 0.717) is 12.1 Å². The molecule has 0 radical (unpaired) electrons. The number of hydrogen-bond acceptors (Lipinski definition) is 3. The van der Waals surface area contributed by atoms with Crippen LogP contribution >= 0.6 is 0 Å². The molecule has 136 valence electrons. The quantitative estimate of drug-likeness (QED) is 0.812. The number of hydrogen-bond donors (Lipinski definition) is 2. The SMILES string of the molecule is CCCc1c(C(=O)NCC(O)C(C)(C)C)cnn1Cc1ccccc1. The van der Waals surface area contributed by atoms with Crippen LogP contribution in [0.15, 0.2) is 36.5 Å². The van der Waals surface area contributed by atoms with Crippen molar-refractivity contribution in [1.82, 2.24) is 15.1 Å². The molecule has 1 atom stereocenters. The van der Waals surface area contributed by atoms with Crippen LogP contribution in [0.3, 0.4) is 0 Å². The fraction of sp³-hybridized carbons (Fsp3) is 0.500. The fourth-order valence-corrected chi connectivity index (χ4v) is 2.58. The van der Waals surface area contributed by atoms with Gasteiger partial charge in [0.2, 0.25) is 0 Å². The van der Waals surface area contributed by atoms with Crippen molar-refractivity contribution >= 4 is 5.91 Å². The van der Waals surface area contributed by atoms with Gasteiger partial charge < -0.3 is 10.4 Å². The van der Waals surface area contributed by atoms with Gasteiger partial charge in [0.05, 0.1) is 30.1 Å². The second kappa shape index (κ2) is 8.30. The minimum Gasteiger partial charge on any atom is -0.391 e. The lowest BCUT2D eigenvalue weighted by Crippen LogP contribution is -2.39. The summed E-state index contributed by atoms with van der Waals surface area (Å²) in [5, 5.41) is 17.4. The van der Waals surface area contributed by atoms with Gasteiger partial charge >= 0.3 is 0 Å². The molecule has 0 fully saturated rings. The Balaban J connectivity index is 2.13. The molecule has 0 saturated carbocycles. The molecule has 0 saturated heterocycles. The van der Waals surface area contributed by atoms with Gasteiger partial charge in [0, 0.05) is 6.54 Å². The van der Waals surface area contributed by atoms with Crippen molar-refractivity contribution < 1.29 is 9.90 Å². The summed E-state index contributed by atoms with van der Waals surface area (Å²) in [4.78, 5) is 12.6. The average molecular weight is 343 g/mol. The number of carbonyl (C=O) groups excluding carboxylic acids is 1. The molecular weight excluding hydrogens is 314 g/mol. The predicted octanol–water partition coefficient (Wildman–Crippen LogP) is 3.02. The molecule has 1 aromatic heterocycles. The first-order valence-electron chi connectivity index (χ1n) is 8.87. The molecule has 1 amide bonds. The van der Waals surface area contributed by atoms with Gasteiger partial charge in [-0.3, -0.25) is 9.48 Å². The zero-order chi connectivity index (χ0) is 18.4. The van der Waals surface area contributed by atoms with Crippen molar-refractivity contribution in [3.8, 4) is 0 Å². The van der Waals surface area contributed by atoms with E-state index in [1.54, 1.807) is 6.20 Å². The Bertz CT molecular complexity index is 687. The van der Waals surface area contributed by atoms with Gasteiger partial charge in [0.25, 0.3) is 5.91 Å². The van der Waals surface area contributed by atoms with Gasteiger partial charge in [0.15, 0.2) is 0 Å². The molecule has 1 unspecified atom stereocenters. The molecule has 0 aliphatic carbocycles. The predicted molar refractivity (Wildman–Crippen MR) is 99.6 cm³/mol. The third-order valence-corrected chi connectivity index (χ3v) is 4.31. The molecule has 2 rings (SSSR count). The summed E-state index contributed by atoms with van der Waals surface area (Å²) in [5.41, 5.74) is 2.42. The van der Waals surface area contributed by atoms with Crippen molar-refractivity contribution in [3.63, 3.8) is 0 Å². The van der Waals surface area contributed by atoms with Crippen LogP contribution in [0.4, 0.5) is 0 Å². The number of nitrogens with one attached hydrogen (secondary N) is 1. The van der Waals surface area contributed by atoms with Crippen LogP contribution in [0.2, 0.25) is 0 Å². The van der Waals surface area contributed by atoms with E-state index in [1.807, 2.05) is 43.7 Å². The molecule has 0 aliphatic heterocycles. The normalized spacial score (nSPS) is 12.8. The number of amides is 1. The van der Waals surface area contributed by atoms with Crippen LogP contribution in [0.1, 0.15) is 55.7 Å². The lowest BCUT2D eigenvalue weighted by Gasteiger charge is -2.25. The summed E-state index contributed by atoms with van der Waals surface area (Å²) < 4.78 is 1.90. The molecule has 2 aromatic rings. The van der Waals surface area contributed by atoms with Gasteiger partial charge in [-0.2, -0.15) is 5.10 Å². The Kier molecular flexibility index (Phi) is 6.37. The summed E-state index contributed by atoms with van der Waals surface area (Å²) in [6.07, 6.45) is 2.76. The van der Waals surface area contributed by atoms with Crippen LogP contribution in [0.25, 0.3) is 0 Å². The first-order valence-corrected chi connectivity index (χ1v) is 8.87. The standard InChI is InChI=1S/C20H29N3O2/c1-5-9-17-16(19(25)21-13-18(24)20(2,3)4)12-22-23(17)14-15-10-7-6-8-11-15/h6-8,10-12,18,24H,5,9,13-14H2,1-4H3,(H,21,25). The molecule has 1 heterocycles. The largest absolute Gasteiger partial charge is 0.391 e. The highest BCUT2D eigenvalue weighted by Crippen LogP contribution is 2.19. The van der Waals surface area contributed by atoms with E-state index in [-0.39, 0.29) is 17.9 Å². The topological polar surface area (TPSA) is 67.2 Å². The smallest absolute Gasteiger partial charge is 0.254 e. The third kappa shape index (κ3) is 5.16. The maximum absolute atomic E-state index is 12.6. The van der Waals surface area contributed by atoms with Gasteiger partial charge in [0.1, 0.15) is 0 Å². The number of aromatic nitrogens is 2. The zero-order valence-electron chi connectivity index (χ0n) is 15.6. The highest BCUT2D eigenvalue weighted by Gasteiger charge is 2.24. The monoisotopic (exact) mass is 343 g/mol. The van der Waals surface area contributed by atoms with Gasteiger partial charge in [-0.1, -0.05) is 64.4 Å². The first kappa shape index (κ1) is 19.2. The summed E-state index contributed by atoms with van der Waals surface area (Å²) >= 11 is 0. The van der Waals surface area contributed by atoms with Crippen LogP contribution in [-0.4, -0.2) is 33.4 Å². The van der Waals surface area contributed by atoms with E-state index >= 15 is 0 Å². The Morgan fingerprint density at radius 1 is 1.28 bits per heavy atom. The van der Waals surface area contributed by atoms with Crippen molar-refractivity contribution in [3.05, 3.63) is 53.3 Å². The second-order valence-electron chi connectivity index (χ2n) is 7.49. The zero-order valence-corrected chi connectivity index (χ0v) is 15.6. The number of aliphatic hydroxyl groups is 1. The number of carbonyl (C=O) groups is 1. The lowest BCUT2D eigenvalue weighted by molar-refractivity contribution is 0.0586. The van der Waals surface area contributed by atoms with Gasteiger partial charge in [-0.15, -0.1) is 0 Å². The van der Waals surface area contributed by atoms with E-state index in [1.165, 1.54) is 0 Å². The van der Waals surface area contributed by atoms with Gasteiger partial charge in [-0.25, -0.2) is 0 Å². The second-order valence-corrected chi connectivity index (χ2v) is 7.49. The van der Waals surface area contributed by atoms with Crippen LogP contribution in [0, 0.1) is 5.41 Å². The number of nitrogens with zero attached hydrogens (tertiary/aromatic N) is 2. The maximum atomic E-state index is 12.6. The van der Waals surface area contributed by atoms with Crippen molar-refractivity contribution in [1.29, 1.82) is 0 Å². The molecule has 5 nitrogen and oxygen atoms in total. The molecule has 1 aromatic carbocycles. The number of aliphatic hydroxyl groups excluding tert-OH is 1. The summed E-state index contributed by atoms with van der Waals surface area (Å²) in [6.45, 7) is 8.81. The van der Waals surface area contributed by atoms with E-state index in [2.05, 4.69) is 29.5 Å². The summed E-state index contributed by atoms with van der Waals surface area (Å²) in [5.74, 6) is -0.175. The molecule has 2 N–H and O–H groups in total. The molecule has 0 spiro atoms. The molecule has 5 heteroatoms. The van der Waals surface area contributed by atoms with Crippen molar-refractivity contribution in [2.75, 3.05) is 6.54 Å². The first-order chi connectivity index (χ1) is 11.8. The van der Waals surface area contributed by atoms with Crippen LogP contribution in [-0.2, 0) is 13.0 Å². The van der Waals surface area contributed by atoms with E-state index < -0.39 is 6.10 Å². The Hall–Kier alpha value is -2.14. The highest BCUT2D eigenvalue weighted by molar-refractivity contribution is 5.95. The van der Waals surface area contributed by atoms with Crippen LogP contribution < -0.4 is 5.32 Å². The summed E-state index contributed by atoms with van der Waals surface area (Å²) in [6, 6.07) is 10.1. The fourth-order valence-electron chi connectivity index (χ4n) is 2.58. The van der Waals surface area contributed by atoms with Crippen molar-refractivity contribution in [2.24, 2.45) is 5.41 Å². The molecular formula is C20H29N3O2. The summed E-state index contributed by atoms with van der Waals surface area (Å²) in [7, 11) is 0. The van der Waals surface area contributed by atoms with E-state index in [9.17, 15) is 9.90 Å². The number of rotatable bonds is 7. The minimum absolute atomic E-state index is 0.175. The van der Waals surface area contributed by atoms with Gasteiger partial charge in [-0.05, 0) is 17.4 Å².